The maximum atomic E-state index is 11.0. The normalized spacial score (nSPS) is 10.4. The van der Waals surface area contributed by atoms with Crippen LogP contribution in [0.1, 0.15) is 13.3 Å². The van der Waals surface area contributed by atoms with Crippen LogP contribution in [-0.2, 0) is 0 Å². The Hall–Kier alpha value is -1.93. The summed E-state index contributed by atoms with van der Waals surface area (Å²) in [6, 6.07) is 3.35. The molecule has 7 nitrogen and oxygen atoms in total. The summed E-state index contributed by atoms with van der Waals surface area (Å²) in [7, 11) is 0. The molecule has 9 heteroatoms. The molecule has 0 radical (unpaired) electrons. The Morgan fingerprint density at radius 2 is 2.19 bits per heavy atom. The zero-order valence-electron chi connectivity index (χ0n) is 11.1. The molecule has 0 aromatic carbocycles. The fourth-order valence-corrected chi connectivity index (χ4v) is 2.32. The molecular weight excluding hydrogens is 314 g/mol. The molecule has 2 aromatic rings. The van der Waals surface area contributed by atoms with Gasteiger partial charge in [0.25, 0.3) is 0 Å². The van der Waals surface area contributed by atoms with E-state index in [0.717, 1.165) is 18.2 Å². The predicted octanol–water partition coefficient (Wildman–Crippen LogP) is 3.41. The lowest BCUT2D eigenvalue weighted by Crippen LogP contribution is -2.06. The van der Waals surface area contributed by atoms with Gasteiger partial charge < -0.3 is 5.32 Å². The number of hydrogen-bond acceptors (Lipinski definition) is 7. The van der Waals surface area contributed by atoms with Crippen LogP contribution in [0.25, 0.3) is 0 Å². The summed E-state index contributed by atoms with van der Waals surface area (Å²) in [5, 5.41) is 15.4. The minimum atomic E-state index is -0.512. The second kappa shape index (κ2) is 7.19. The third-order valence-corrected chi connectivity index (χ3v) is 3.53. The molecule has 2 heterocycles. The first kappa shape index (κ1) is 15.5. The topological polar surface area (TPSA) is 93.8 Å². The minimum Gasteiger partial charge on any atom is -0.354 e. The Bertz CT molecular complexity index is 638. The van der Waals surface area contributed by atoms with Crippen LogP contribution in [0.5, 0.6) is 0 Å². The summed E-state index contributed by atoms with van der Waals surface area (Å²) in [6.07, 6.45) is 3.58. The lowest BCUT2D eigenvalue weighted by molar-refractivity contribution is -0.388. The maximum absolute atomic E-state index is 11.0. The van der Waals surface area contributed by atoms with Crippen molar-refractivity contribution in [3.05, 3.63) is 39.7 Å². The Morgan fingerprint density at radius 3 is 2.81 bits per heavy atom. The molecule has 0 aliphatic carbocycles. The molecule has 1 N–H and O–H groups in total. The Labute approximate surface area is 130 Å². The third kappa shape index (κ3) is 4.27. The largest absolute Gasteiger partial charge is 0.354 e. The summed E-state index contributed by atoms with van der Waals surface area (Å²) < 4.78 is 0. The number of pyridine rings is 1. The first-order chi connectivity index (χ1) is 10.1. The van der Waals surface area contributed by atoms with Crippen molar-refractivity contribution in [2.24, 2.45) is 0 Å². The number of aromatic nitrogens is 3. The van der Waals surface area contributed by atoms with Crippen LogP contribution in [0.2, 0.25) is 5.02 Å². The summed E-state index contributed by atoms with van der Waals surface area (Å²) in [5.41, 5.74) is -0.154. The van der Waals surface area contributed by atoms with E-state index >= 15 is 0 Å². The third-order valence-electron chi connectivity index (χ3n) is 2.37. The fourth-order valence-electron chi connectivity index (χ4n) is 1.40. The van der Waals surface area contributed by atoms with E-state index in [1.165, 1.54) is 12.4 Å². The van der Waals surface area contributed by atoms with Crippen LogP contribution < -0.4 is 5.32 Å². The summed E-state index contributed by atoms with van der Waals surface area (Å²) in [5.74, 6) is 0.360. The first-order valence-corrected chi connectivity index (χ1v) is 7.34. The van der Waals surface area contributed by atoms with Gasteiger partial charge in [0, 0.05) is 12.7 Å². The van der Waals surface area contributed by atoms with Crippen molar-refractivity contribution in [2.45, 2.75) is 23.4 Å². The van der Waals surface area contributed by atoms with Gasteiger partial charge in [-0.2, -0.15) is 4.98 Å². The monoisotopic (exact) mass is 325 g/mol. The molecule has 0 amide bonds. The first-order valence-electron chi connectivity index (χ1n) is 6.15. The van der Waals surface area contributed by atoms with Crippen LogP contribution in [0.3, 0.4) is 0 Å². The summed E-state index contributed by atoms with van der Waals surface area (Å²) in [6.45, 7) is 2.70. The molecule has 0 unspecified atom stereocenters. The highest BCUT2D eigenvalue weighted by atomic mass is 35.5. The van der Waals surface area contributed by atoms with Crippen molar-refractivity contribution in [1.82, 2.24) is 15.0 Å². The van der Waals surface area contributed by atoms with E-state index in [-0.39, 0.29) is 10.7 Å². The highest BCUT2D eigenvalue weighted by molar-refractivity contribution is 7.99. The smallest absolute Gasteiger partial charge is 0.320 e. The zero-order chi connectivity index (χ0) is 15.2. The molecular formula is C12H12ClN5O2S. The zero-order valence-corrected chi connectivity index (χ0v) is 12.7. The Kier molecular flexibility index (Phi) is 5.29. The van der Waals surface area contributed by atoms with Gasteiger partial charge >= 0.3 is 5.69 Å². The van der Waals surface area contributed by atoms with Crippen molar-refractivity contribution in [2.75, 3.05) is 11.9 Å². The average Bonchev–Trinajstić information content (AvgIpc) is 2.47. The fraction of sp³-hybridized carbons (Fsp3) is 0.250. The van der Waals surface area contributed by atoms with Crippen molar-refractivity contribution in [1.29, 1.82) is 0 Å². The van der Waals surface area contributed by atoms with E-state index in [0.29, 0.717) is 22.5 Å². The van der Waals surface area contributed by atoms with Gasteiger partial charge in [-0.05, 0) is 30.3 Å². The van der Waals surface area contributed by atoms with E-state index in [4.69, 9.17) is 11.6 Å². The van der Waals surface area contributed by atoms with Gasteiger partial charge in [0.2, 0.25) is 5.95 Å². The molecule has 0 saturated heterocycles. The Morgan fingerprint density at radius 1 is 1.38 bits per heavy atom. The van der Waals surface area contributed by atoms with Crippen molar-refractivity contribution >= 4 is 35.0 Å². The van der Waals surface area contributed by atoms with Crippen LogP contribution in [-0.4, -0.2) is 26.4 Å². The molecule has 0 atom stereocenters. The Balaban J connectivity index is 2.29. The van der Waals surface area contributed by atoms with Gasteiger partial charge in [-0.1, -0.05) is 18.5 Å². The van der Waals surface area contributed by atoms with Gasteiger partial charge in [-0.25, -0.2) is 9.97 Å². The van der Waals surface area contributed by atoms with E-state index in [1.54, 1.807) is 12.1 Å². The molecule has 21 heavy (non-hydrogen) atoms. The number of hydrogen-bond donors (Lipinski definition) is 1. The predicted molar refractivity (Wildman–Crippen MR) is 80.8 cm³/mol. The second-order valence-corrected chi connectivity index (χ2v) is 5.43. The number of halogens is 1. The molecule has 2 rings (SSSR count). The lowest BCUT2D eigenvalue weighted by Gasteiger charge is -2.05. The molecule has 0 fully saturated rings. The van der Waals surface area contributed by atoms with Crippen LogP contribution in [0, 0.1) is 10.1 Å². The molecule has 0 aliphatic rings. The van der Waals surface area contributed by atoms with Crippen molar-refractivity contribution in [3.63, 3.8) is 0 Å². The van der Waals surface area contributed by atoms with Gasteiger partial charge in [0.1, 0.15) is 11.2 Å². The lowest BCUT2D eigenvalue weighted by atomic mass is 10.5. The molecule has 110 valence electrons. The summed E-state index contributed by atoms with van der Waals surface area (Å²) >= 11 is 6.86. The molecule has 0 aliphatic heterocycles. The summed E-state index contributed by atoms with van der Waals surface area (Å²) in [4.78, 5) is 22.7. The number of rotatable bonds is 6. The second-order valence-electron chi connectivity index (χ2n) is 3.98. The molecule has 0 saturated carbocycles. The van der Waals surface area contributed by atoms with Crippen LogP contribution in [0.4, 0.5) is 11.6 Å². The van der Waals surface area contributed by atoms with E-state index < -0.39 is 4.92 Å². The van der Waals surface area contributed by atoms with E-state index in [9.17, 15) is 10.1 Å². The van der Waals surface area contributed by atoms with Gasteiger partial charge in [0.15, 0.2) is 5.03 Å². The average molecular weight is 326 g/mol. The van der Waals surface area contributed by atoms with Gasteiger partial charge in [0.05, 0.1) is 9.95 Å². The van der Waals surface area contributed by atoms with Crippen molar-refractivity contribution < 1.29 is 4.92 Å². The van der Waals surface area contributed by atoms with Gasteiger partial charge in [-0.15, -0.1) is 0 Å². The molecule has 0 bridgehead atoms. The number of anilines is 1. The SMILES string of the molecule is CCCNc1ncc([N+](=O)[O-])c(Sc2ccc(Cl)cn2)n1. The minimum absolute atomic E-state index is 0.154. The standard InChI is InChI=1S/C12H12ClN5O2S/c1-2-5-14-12-16-7-9(18(19)20)11(17-12)21-10-4-3-8(13)6-15-10/h3-4,6-7H,2,5H2,1H3,(H,14,16,17). The quantitative estimate of drug-likeness (QED) is 0.494. The van der Waals surface area contributed by atoms with E-state index in [1.807, 2.05) is 6.92 Å². The van der Waals surface area contributed by atoms with Crippen LogP contribution >= 0.6 is 23.4 Å². The van der Waals surface area contributed by atoms with E-state index in [2.05, 4.69) is 20.3 Å². The number of nitro groups is 1. The maximum Gasteiger partial charge on any atom is 0.320 e. The molecule has 0 spiro atoms. The number of nitrogens with zero attached hydrogens (tertiary/aromatic N) is 4. The highest BCUT2D eigenvalue weighted by Gasteiger charge is 2.19. The van der Waals surface area contributed by atoms with Crippen LogP contribution in [0.15, 0.2) is 34.6 Å². The molecule has 2 aromatic heterocycles. The highest BCUT2D eigenvalue weighted by Crippen LogP contribution is 2.32. The van der Waals surface area contributed by atoms with Crippen molar-refractivity contribution in [3.8, 4) is 0 Å². The number of nitrogens with one attached hydrogen (secondary N) is 1. The van der Waals surface area contributed by atoms with Gasteiger partial charge in [-0.3, -0.25) is 10.1 Å².